The number of fused-ring (bicyclic) bond motifs is 5. The Morgan fingerprint density at radius 2 is 1.33 bits per heavy atom. The van der Waals surface area contributed by atoms with Crippen LogP contribution in [0, 0.1) is 11.8 Å². The predicted octanol–water partition coefficient (Wildman–Crippen LogP) is 6.01. The Balaban J connectivity index is 1.18. The maximum atomic E-state index is 2.73. The highest BCUT2D eigenvalue weighted by molar-refractivity contribution is 7.26. The van der Waals surface area contributed by atoms with Crippen LogP contribution in [0.2, 0.25) is 0 Å². The molecular weight excluding hydrogens is 384 g/mol. The first-order valence-corrected chi connectivity index (χ1v) is 12.0. The zero-order valence-corrected chi connectivity index (χ0v) is 18.2. The molecule has 2 fully saturated rings. The predicted molar refractivity (Wildman–Crippen MR) is 128 cm³/mol. The van der Waals surface area contributed by atoms with E-state index in [-0.39, 0.29) is 0 Å². The molecule has 0 spiro atoms. The molecule has 3 heteroatoms. The SMILES string of the molecule is c1ccc(CN2CC3CC(C2)CN(Cc2cccc4c2sc2ccccc24)C3)cc1. The van der Waals surface area contributed by atoms with Crippen LogP contribution in [-0.2, 0) is 13.1 Å². The number of likely N-dealkylation sites (tertiary alicyclic amines) is 2. The summed E-state index contributed by atoms with van der Waals surface area (Å²) in [4.78, 5) is 5.43. The molecular formula is C27H28N2S. The largest absolute Gasteiger partial charge is 0.298 e. The van der Waals surface area contributed by atoms with Crippen molar-refractivity contribution in [2.24, 2.45) is 11.8 Å². The van der Waals surface area contributed by atoms with Crippen molar-refractivity contribution in [3.63, 3.8) is 0 Å². The van der Waals surface area contributed by atoms with Crippen LogP contribution in [0.3, 0.4) is 0 Å². The van der Waals surface area contributed by atoms with Crippen molar-refractivity contribution in [2.75, 3.05) is 26.2 Å². The average molecular weight is 413 g/mol. The fraction of sp³-hybridized carbons (Fsp3) is 0.333. The Hall–Kier alpha value is -2.20. The van der Waals surface area contributed by atoms with Gasteiger partial charge in [-0.15, -0.1) is 11.3 Å². The number of rotatable bonds is 4. The van der Waals surface area contributed by atoms with E-state index < -0.39 is 0 Å². The van der Waals surface area contributed by atoms with Crippen LogP contribution in [-0.4, -0.2) is 36.0 Å². The first kappa shape index (κ1) is 18.6. The van der Waals surface area contributed by atoms with Gasteiger partial charge in [0.15, 0.2) is 0 Å². The highest BCUT2D eigenvalue weighted by Crippen LogP contribution is 2.37. The lowest BCUT2D eigenvalue weighted by Gasteiger charge is -2.46. The zero-order valence-electron chi connectivity index (χ0n) is 17.3. The number of hydrogen-bond acceptors (Lipinski definition) is 3. The summed E-state index contributed by atoms with van der Waals surface area (Å²) in [5, 5.41) is 2.84. The second kappa shape index (κ2) is 7.81. The van der Waals surface area contributed by atoms with Crippen molar-refractivity contribution in [3.05, 3.63) is 83.9 Å². The zero-order chi connectivity index (χ0) is 19.9. The Bertz CT molecular complexity index is 1150. The highest BCUT2D eigenvalue weighted by Gasteiger charge is 2.34. The molecule has 0 saturated carbocycles. The van der Waals surface area contributed by atoms with E-state index in [2.05, 4.69) is 82.6 Å². The molecule has 4 aromatic rings. The fourth-order valence-electron chi connectivity index (χ4n) is 5.77. The molecule has 6 rings (SSSR count). The van der Waals surface area contributed by atoms with Crippen LogP contribution >= 0.6 is 11.3 Å². The van der Waals surface area contributed by atoms with Crippen LogP contribution in [0.1, 0.15) is 17.5 Å². The lowest BCUT2D eigenvalue weighted by Crippen LogP contribution is -2.52. The van der Waals surface area contributed by atoms with E-state index in [1.807, 2.05) is 11.3 Å². The van der Waals surface area contributed by atoms with Crippen LogP contribution in [0.25, 0.3) is 20.2 Å². The molecule has 0 N–H and O–H groups in total. The molecule has 2 aliphatic rings. The summed E-state index contributed by atoms with van der Waals surface area (Å²) in [7, 11) is 0. The maximum Gasteiger partial charge on any atom is 0.0400 e. The maximum absolute atomic E-state index is 2.73. The van der Waals surface area contributed by atoms with Gasteiger partial charge in [-0.1, -0.05) is 66.7 Å². The minimum Gasteiger partial charge on any atom is -0.298 e. The van der Waals surface area contributed by atoms with Gasteiger partial charge in [0, 0.05) is 59.4 Å². The van der Waals surface area contributed by atoms with Crippen molar-refractivity contribution >= 4 is 31.5 Å². The van der Waals surface area contributed by atoms with Gasteiger partial charge in [-0.05, 0) is 35.4 Å². The van der Waals surface area contributed by atoms with Gasteiger partial charge >= 0.3 is 0 Å². The number of piperidine rings is 2. The lowest BCUT2D eigenvalue weighted by atomic mass is 9.84. The summed E-state index contributed by atoms with van der Waals surface area (Å²) in [6.07, 6.45) is 1.41. The summed E-state index contributed by atoms with van der Waals surface area (Å²) in [5.41, 5.74) is 2.96. The summed E-state index contributed by atoms with van der Waals surface area (Å²) >= 11 is 1.96. The molecule has 2 aliphatic heterocycles. The van der Waals surface area contributed by atoms with Gasteiger partial charge in [-0.2, -0.15) is 0 Å². The first-order chi connectivity index (χ1) is 14.8. The van der Waals surface area contributed by atoms with Crippen LogP contribution in [0.15, 0.2) is 72.8 Å². The van der Waals surface area contributed by atoms with Crippen molar-refractivity contribution in [1.29, 1.82) is 0 Å². The third kappa shape index (κ3) is 3.56. The molecule has 3 aromatic carbocycles. The number of nitrogens with zero attached hydrogens (tertiary/aromatic N) is 2. The molecule has 30 heavy (non-hydrogen) atoms. The van der Waals surface area contributed by atoms with E-state index in [4.69, 9.17) is 0 Å². The smallest absolute Gasteiger partial charge is 0.0400 e. The minimum absolute atomic E-state index is 0.808. The third-order valence-corrected chi connectivity index (χ3v) is 8.12. The average Bonchev–Trinajstić information content (AvgIpc) is 3.14. The summed E-state index contributed by atoms with van der Waals surface area (Å²) < 4.78 is 2.90. The Kier molecular flexibility index (Phi) is 4.83. The van der Waals surface area contributed by atoms with Crippen molar-refractivity contribution < 1.29 is 0 Å². The Labute approximate surface area is 182 Å². The highest BCUT2D eigenvalue weighted by atomic mass is 32.1. The topological polar surface area (TPSA) is 6.48 Å². The van der Waals surface area contributed by atoms with E-state index in [1.165, 1.54) is 63.9 Å². The molecule has 0 amide bonds. The molecule has 2 atom stereocenters. The van der Waals surface area contributed by atoms with Gasteiger partial charge in [0.2, 0.25) is 0 Å². The molecule has 2 bridgehead atoms. The molecule has 2 unspecified atom stereocenters. The number of hydrogen-bond donors (Lipinski definition) is 0. The van der Waals surface area contributed by atoms with Crippen molar-refractivity contribution in [3.8, 4) is 0 Å². The molecule has 152 valence electrons. The first-order valence-electron chi connectivity index (χ1n) is 11.2. The second-order valence-electron chi connectivity index (χ2n) is 9.23. The Morgan fingerprint density at radius 3 is 2.13 bits per heavy atom. The van der Waals surface area contributed by atoms with Gasteiger partial charge in [0.05, 0.1) is 0 Å². The standard InChI is InChI=1S/C27H28N2S/c1-2-7-20(8-3-1)14-28-15-21-13-22(16-28)18-29(17-21)19-23-9-6-11-25-24-10-4-5-12-26(24)30-27(23)25/h1-12,21-22H,13-19H2. The third-order valence-electron chi connectivity index (χ3n) is 6.86. The Morgan fingerprint density at radius 1 is 0.667 bits per heavy atom. The van der Waals surface area contributed by atoms with Gasteiger partial charge < -0.3 is 0 Å². The fourth-order valence-corrected chi connectivity index (χ4v) is 6.97. The van der Waals surface area contributed by atoms with Crippen molar-refractivity contribution in [2.45, 2.75) is 19.5 Å². The van der Waals surface area contributed by atoms with E-state index in [9.17, 15) is 0 Å². The normalized spacial score (nSPS) is 22.7. The van der Waals surface area contributed by atoms with E-state index in [1.54, 1.807) is 0 Å². The lowest BCUT2D eigenvalue weighted by molar-refractivity contribution is 0.0244. The van der Waals surface area contributed by atoms with E-state index in [0.717, 1.165) is 24.9 Å². The molecule has 2 nitrogen and oxygen atoms in total. The monoisotopic (exact) mass is 412 g/mol. The van der Waals surface area contributed by atoms with Gasteiger partial charge in [-0.3, -0.25) is 9.80 Å². The van der Waals surface area contributed by atoms with Gasteiger partial charge in [0.25, 0.3) is 0 Å². The second-order valence-corrected chi connectivity index (χ2v) is 10.3. The van der Waals surface area contributed by atoms with Crippen LogP contribution < -0.4 is 0 Å². The molecule has 0 radical (unpaired) electrons. The number of benzene rings is 3. The van der Waals surface area contributed by atoms with Gasteiger partial charge in [0.1, 0.15) is 0 Å². The minimum atomic E-state index is 0.808. The van der Waals surface area contributed by atoms with Crippen molar-refractivity contribution in [1.82, 2.24) is 9.80 Å². The molecule has 0 aliphatic carbocycles. The quantitative estimate of drug-likeness (QED) is 0.405. The van der Waals surface area contributed by atoms with Crippen LogP contribution in [0.5, 0.6) is 0 Å². The molecule has 3 heterocycles. The molecule has 2 saturated heterocycles. The molecule has 1 aromatic heterocycles. The summed E-state index contributed by atoms with van der Waals surface area (Å²) in [6.45, 7) is 7.17. The van der Waals surface area contributed by atoms with Crippen LogP contribution in [0.4, 0.5) is 0 Å². The number of thiophene rings is 1. The van der Waals surface area contributed by atoms with Gasteiger partial charge in [-0.25, -0.2) is 0 Å². The van der Waals surface area contributed by atoms with E-state index >= 15 is 0 Å². The summed E-state index contributed by atoms with van der Waals surface area (Å²) in [6, 6.07) is 26.7. The van der Waals surface area contributed by atoms with E-state index in [0.29, 0.717) is 0 Å². The summed E-state index contributed by atoms with van der Waals surface area (Å²) in [5.74, 6) is 1.62.